The Labute approximate surface area is 153 Å². The molecule has 1 heterocycles. The number of halogens is 1. The first-order valence-electron chi connectivity index (χ1n) is 7.53. The number of ketones is 2. The van der Waals surface area contributed by atoms with Gasteiger partial charge >= 0.3 is 5.97 Å². The molecule has 0 spiro atoms. The van der Waals surface area contributed by atoms with Gasteiger partial charge in [0.2, 0.25) is 0 Å². The molecule has 0 amide bonds. The van der Waals surface area contributed by atoms with Crippen LogP contribution in [-0.2, 0) is 19.1 Å². The molecule has 1 aliphatic rings. The first-order chi connectivity index (χ1) is 11.9. The molecule has 7 heteroatoms. The van der Waals surface area contributed by atoms with Crippen molar-refractivity contribution in [3.63, 3.8) is 0 Å². The van der Waals surface area contributed by atoms with Gasteiger partial charge in [0.1, 0.15) is 5.76 Å². The number of hydrogen-bond donors (Lipinski definition) is 0. The van der Waals surface area contributed by atoms with Gasteiger partial charge in [-0.25, -0.2) is 0 Å². The molecule has 1 aliphatic heterocycles. The summed E-state index contributed by atoms with van der Waals surface area (Å²) in [6.07, 6.45) is 3.83. The molecule has 25 heavy (non-hydrogen) atoms. The van der Waals surface area contributed by atoms with Crippen molar-refractivity contribution < 1.29 is 28.6 Å². The lowest BCUT2D eigenvalue weighted by Gasteiger charge is -2.15. The van der Waals surface area contributed by atoms with Crippen LogP contribution in [0.4, 0.5) is 0 Å². The summed E-state index contributed by atoms with van der Waals surface area (Å²) in [5.41, 5.74) is 0.646. The van der Waals surface area contributed by atoms with E-state index >= 15 is 0 Å². The minimum absolute atomic E-state index is 0.184. The average Bonchev–Trinajstić information content (AvgIpc) is 2.52. The third-order valence-corrected chi connectivity index (χ3v) is 3.98. The zero-order valence-electron chi connectivity index (χ0n) is 14.0. The molecule has 132 valence electrons. The minimum atomic E-state index is -1.45. The van der Waals surface area contributed by atoms with E-state index in [4.69, 9.17) is 14.2 Å². The van der Waals surface area contributed by atoms with Crippen LogP contribution in [0.25, 0.3) is 6.08 Å². The average molecular weight is 409 g/mol. The van der Waals surface area contributed by atoms with Crippen molar-refractivity contribution in [3.8, 4) is 11.5 Å². The largest absolute Gasteiger partial charge is 0.492 e. The summed E-state index contributed by atoms with van der Waals surface area (Å²) >= 11 is 3.38. The first-order valence-corrected chi connectivity index (χ1v) is 8.32. The van der Waals surface area contributed by atoms with Crippen molar-refractivity contribution in [2.75, 3.05) is 13.7 Å². The van der Waals surface area contributed by atoms with Crippen LogP contribution in [-0.4, -0.2) is 31.3 Å². The van der Waals surface area contributed by atoms with Crippen LogP contribution in [0.5, 0.6) is 11.5 Å². The van der Waals surface area contributed by atoms with Gasteiger partial charge in [-0.2, -0.15) is 0 Å². The van der Waals surface area contributed by atoms with E-state index in [2.05, 4.69) is 15.9 Å². The molecule has 1 unspecified atom stereocenters. The fourth-order valence-electron chi connectivity index (χ4n) is 2.32. The quantitative estimate of drug-likeness (QED) is 0.408. The Bertz CT molecular complexity index is 778. The summed E-state index contributed by atoms with van der Waals surface area (Å²) in [5, 5.41) is 0. The Morgan fingerprint density at radius 2 is 2.08 bits per heavy atom. The predicted octanol–water partition coefficient (Wildman–Crippen LogP) is 3.08. The standard InChI is InChI=1S/C18H17BrO6/c1-4-24-15-9-11(8-12(19)17(15)23-3)5-6-13(20)16-14(21)7-10(2)25-18(16)22/h5-9,16H,4H2,1-3H3. The molecule has 1 aromatic rings. The van der Waals surface area contributed by atoms with E-state index in [-0.39, 0.29) is 5.76 Å². The second-order valence-electron chi connectivity index (χ2n) is 5.21. The molecular weight excluding hydrogens is 392 g/mol. The molecule has 0 aromatic heterocycles. The van der Waals surface area contributed by atoms with Crippen molar-refractivity contribution in [1.82, 2.24) is 0 Å². The first kappa shape index (κ1) is 18.9. The summed E-state index contributed by atoms with van der Waals surface area (Å²) in [5.74, 6) is -2.28. The number of benzene rings is 1. The number of esters is 1. The van der Waals surface area contributed by atoms with E-state index in [0.29, 0.717) is 28.1 Å². The van der Waals surface area contributed by atoms with Crippen LogP contribution in [0, 0.1) is 5.92 Å². The molecule has 0 saturated carbocycles. The van der Waals surface area contributed by atoms with Crippen LogP contribution in [0.2, 0.25) is 0 Å². The van der Waals surface area contributed by atoms with Gasteiger partial charge in [0, 0.05) is 6.08 Å². The maximum Gasteiger partial charge on any atom is 0.329 e. The lowest BCUT2D eigenvalue weighted by Crippen LogP contribution is -2.34. The number of methoxy groups -OCH3 is 1. The van der Waals surface area contributed by atoms with Crippen LogP contribution in [0.15, 0.2) is 34.5 Å². The van der Waals surface area contributed by atoms with E-state index in [0.717, 1.165) is 6.08 Å². The Hall–Kier alpha value is -2.41. The fraction of sp³-hybridized carbons (Fsp3) is 0.278. The second-order valence-corrected chi connectivity index (χ2v) is 6.07. The summed E-state index contributed by atoms with van der Waals surface area (Å²) in [6.45, 7) is 3.77. The smallest absolute Gasteiger partial charge is 0.329 e. The van der Waals surface area contributed by atoms with Crippen molar-refractivity contribution in [2.24, 2.45) is 5.92 Å². The van der Waals surface area contributed by atoms with Gasteiger partial charge in [0.05, 0.1) is 18.2 Å². The number of allylic oxidation sites excluding steroid dienone is 3. The third kappa shape index (κ3) is 4.36. The lowest BCUT2D eigenvalue weighted by atomic mass is 9.96. The Morgan fingerprint density at radius 1 is 1.36 bits per heavy atom. The highest BCUT2D eigenvalue weighted by molar-refractivity contribution is 9.10. The van der Waals surface area contributed by atoms with E-state index in [1.807, 2.05) is 6.92 Å². The summed E-state index contributed by atoms with van der Waals surface area (Å²) in [6, 6.07) is 3.43. The number of hydrogen-bond acceptors (Lipinski definition) is 6. The molecule has 6 nitrogen and oxygen atoms in total. The normalized spacial score (nSPS) is 17.3. The molecule has 1 atom stereocenters. The summed E-state index contributed by atoms with van der Waals surface area (Å²) < 4.78 is 16.3. The van der Waals surface area contributed by atoms with Crippen LogP contribution < -0.4 is 9.47 Å². The van der Waals surface area contributed by atoms with Crippen molar-refractivity contribution in [3.05, 3.63) is 40.1 Å². The zero-order valence-corrected chi connectivity index (χ0v) is 15.6. The van der Waals surface area contributed by atoms with E-state index < -0.39 is 23.5 Å². The predicted molar refractivity (Wildman–Crippen MR) is 94.3 cm³/mol. The zero-order chi connectivity index (χ0) is 18.6. The molecule has 1 aromatic carbocycles. The van der Waals surface area contributed by atoms with Crippen LogP contribution in [0.1, 0.15) is 19.4 Å². The minimum Gasteiger partial charge on any atom is -0.492 e. The van der Waals surface area contributed by atoms with Crippen LogP contribution in [0.3, 0.4) is 0 Å². The number of rotatable bonds is 6. The topological polar surface area (TPSA) is 78.9 Å². The highest BCUT2D eigenvalue weighted by Crippen LogP contribution is 2.37. The number of ether oxygens (including phenoxy) is 3. The molecule has 0 bridgehead atoms. The Balaban J connectivity index is 2.25. The lowest BCUT2D eigenvalue weighted by molar-refractivity contribution is -0.151. The van der Waals surface area contributed by atoms with Gasteiger partial charge in [0.15, 0.2) is 29.0 Å². The van der Waals surface area contributed by atoms with Crippen LogP contribution >= 0.6 is 15.9 Å². The summed E-state index contributed by atoms with van der Waals surface area (Å²) in [7, 11) is 1.53. The summed E-state index contributed by atoms with van der Waals surface area (Å²) in [4.78, 5) is 35.8. The van der Waals surface area contributed by atoms with Crippen molar-refractivity contribution in [2.45, 2.75) is 13.8 Å². The molecule has 0 radical (unpaired) electrons. The molecule has 0 fully saturated rings. The molecule has 0 saturated heterocycles. The van der Waals surface area contributed by atoms with E-state index in [9.17, 15) is 14.4 Å². The Morgan fingerprint density at radius 3 is 2.68 bits per heavy atom. The van der Waals surface area contributed by atoms with Crippen molar-refractivity contribution in [1.29, 1.82) is 0 Å². The van der Waals surface area contributed by atoms with Gasteiger partial charge < -0.3 is 14.2 Å². The van der Waals surface area contributed by atoms with Gasteiger partial charge in [-0.05, 0) is 53.5 Å². The third-order valence-electron chi connectivity index (χ3n) is 3.39. The highest BCUT2D eigenvalue weighted by Gasteiger charge is 2.36. The SMILES string of the molecule is CCOc1cc(C=CC(=O)C2C(=O)C=C(C)OC2=O)cc(Br)c1OC. The number of carbonyl (C=O) groups excluding carboxylic acids is 3. The molecule has 0 aliphatic carbocycles. The van der Waals surface area contributed by atoms with Gasteiger partial charge in [-0.15, -0.1) is 0 Å². The molecule has 0 N–H and O–H groups in total. The maximum atomic E-state index is 12.2. The monoisotopic (exact) mass is 408 g/mol. The number of cyclic esters (lactones) is 1. The maximum absolute atomic E-state index is 12.2. The van der Waals surface area contributed by atoms with E-state index in [1.54, 1.807) is 12.1 Å². The molecule has 2 rings (SSSR count). The number of carbonyl (C=O) groups is 3. The van der Waals surface area contributed by atoms with Gasteiger partial charge in [-0.1, -0.05) is 6.08 Å². The van der Waals surface area contributed by atoms with Crippen molar-refractivity contribution >= 4 is 39.5 Å². The van der Waals surface area contributed by atoms with E-state index in [1.165, 1.54) is 26.2 Å². The highest BCUT2D eigenvalue weighted by atomic mass is 79.9. The van der Waals surface area contributed by atoms with Gasteiger partial charge in [0.25, 0.3) is 0 Å². The molecular formula is C18H17BrO6. The van der Waals surface area contributed by atoms with Gasteiger partial charge in [-0.3, -0.25) is 14.4 Å². The Kier molecular flexibility index (Phi) is 6.14. The fourth-order valence-corrected chi connectivity index (χ4v) is 2.94. The second kappa shape index (κ2) is 8.11.